The fourth-order valence-electron chi connectivity index (χ4n) is 3.02. The molecule has 0 bridgehead atoms. The van der Waals surface area contributed by atoms with Crippen molar-refractivity contribution >= 4 is 11.9 Å². The molecule has 1 aliphatic rings. The minimum absolute atomic E-state index is 0.0484. The van der Waals surface area contributed by atoms with Gasteiger partial charge in [0.15, 0.2) is 0 Å². The zero-order valence-electron chi connectivity index (χ0n) is 11.5. The molecule has 1 aliphatic carbocycles. The van der Waals surface area contributed by atoms with Gasteiger partial charge < -0.3 is 10.2 Å². The summed E-state index contributed by atoms with van der Waals surface area (Å²) >= 11 is 0. The Labute approximate surface area is 118 Å². The van der Waals surface area contributed by atoms with Crippen LogP contribution in [0.3, 0.4) is 0 Å². The van der Waals surface area contributed by atoms with E-state index in [2.05, 4.69) is 0 Å². The fourth-order valence-corrected chi connectivity index (χ4v) is 3.02. The van der Waals surface area contributed by atoms with E-state index < -0.39 is 11.9 Å². The summed E-state index contributed by atoms with van der Waals surface area (Å²) in [6.45, 7) is 0. The first kappa shape index (κ1) is 14.6. The molecule has 0 atom stereocenters. The van der Waals surface area contributed by atoms with E-state index in [0.29, 0.717) is 17.0 Å². The van der Waals surface area contributed by atoms with Crippen molar-refractivity contribution in [3.05, 3.63) is 34.9 Å². The van der Waals surface area contributed by atoms with Crippen LogP contribution in [0.5, 0.6) is 0 Å². The van der Waals surface area contributed by atoms with Gasteiger partial charge in [-0.2, -0.15) is 0 Å². The second kappa shape index (κ2) is 6.55. The number of carboxylic acids is 2. The summed E-state index contributed by atoms with van der Waals surface area (Å²) in [5.74, 6) is -1.32. The number of aliphatic carboxylic acids is 2. The van der Waals surface area contributed by atoms with Gasteiger partial charge in [0.2, 0.25) is 0 Å². The Morgan fingerprint density at radius 1 is 0.900 bits per heavy atom. The quantitative estimate of drug-likeness (QED) is 0.867. The van der Waals surface area contributed by atoms with Gasteiger partial charge in [-0.3, -0.25) is 9.59 Å². The SMILES string of the molecule is O=C(O)Cc1cc(CC(=O)O)cc(C2CCCCC2)c1. The lowest BCUT2D eigenvalue weighted by Gasteiger charge is -2.23. The second-order valence-electron chi connectivity index (χ2n) is 5.56. The van der Waals surface area contributed by atoms with E-state index in [1.807, 2.05) is 12.1 Å². The zero-order chi connectivity index (χ0) is 14.5. The van der Waals surface area contributed by atoms with Gasteiger partial charge in [-0.25, -0.2) is 0 Å². The number of carbonyl (C=O) groups is 2. The molecule has 2 N–H and O–H groups in total. The van der Waals surface area contributed by atoms with Crippen LogP contribution in [-0.2, 0) is 22.4 Å². The molecule has 0 aliphatic heterocycles. The average molecular weight is 276 g/mol. The van der Waals surface area contributed by atoms with E-state index in [1.165, 1.54) is 19.3 Å². The van der Waals surface area contributed by atoms with E-state index in [9.17, 15) is 9.59 Å². The van der Waals surface area contributed by atoms with Gasteiger partial charge in [-0.1, -0.05) is 37.5 Å². The summed E-state index contributed by atoms with van der Waals surface area (Å²) in [6.07, 6.45) is 5.78. The van der Waals surface area contributed by atoms with Gasteiger partial charge in [0.1, 0.15) is 0 Å². The van der Waals surface area contributed by atoms with Gasteiger partial charge in [0.05, 0.1) is 12.8 Å². The fraction of sp³-hybridized carbons (Fsp3) is 0.500. The van der Waals surface area contributed by atoms with E-state index in [4.69, 9.17) is 10.2 Å². The van der Waals surface area contributed by atoms with E-state index in [-0.39, 0.29) is 12.8 Å². The molecule has 0 spiro atoms. The third kappa shape index (κ3) is 4.08. The number of hydrogen-bond acceptors (Lipinski definition) is 2. The molecule has 0 radical (unpaired) electrons. The number of benzene rings is 1. The van der Waals surface area contributed by atoms with Crippen molar-refractivity contribution in [1.82, 2.24) is 0 Å². The standard InChI is InChI=1S/C16H20O4/c17-15(18)9-11-6-12(10-16(19)20)8-14(7-11)13-4-2-1-3-5-13/h6-8,13H,1-5,9-10H2,(H,17,18)(H,19,20). The van der Waals surface area contributed by atoms with Crippen molar-refractivity contribution in [1.29, 1.82) is 0 Å². The Balaban J connectivity index is 2.28. The average Bonchev–Trinajstić information content (AvgIpc) is 2.38. The highest BCUT2D eigenvalue weighted by Crippen LogP contribution is 2.33. The first-order valence-electron chi connectivity index (χ1n) is 7.11. The van der Waals surface area contributed by atoms with Crippen LogP contribution in [0.4, 0.5) is 0 Å². The largest absolute Gasteiger partial charge is 0.481 e. The van der Waals surface area contributed by atoms with Crippen LogP contribution in [0.2, 0.25) is 0 Å². The molecular weight excluding hydrogens is 256 g/mol. The minimum atomic E-state index is -0.882. The third-order valence-corrected chi connectivity index (χ3v) is 3.86. The summed E-state index contributed by atoms with van der Waals surface area (Å²) in [5.41, 5.74) is 2.52. The van der Waals surface area contributed by atoms with Crippen LogP contribution < -0.4 is 0 Å². The monoisotopic (exact) mass is 276 g/mol. The van der Waals surface area contributed by atoms with Gasteiger partial charge in [0, 0.05) is 0 Å². The van der Waals surface area contributed by atoms with Gasteiger partial charge >= 0.3 is 11.9 Å². The van der Waals surface area contributed by atoms with E-state index in [1.54, 1.807) is 6.07 Å². The van der Waals surface area contributed by atoms with Crippen LogP contribution in [0.1, 0.15) is 54.7 Å². The summed E-state index contributed by atoms with van der Waals surface area (Å²) in [5, 5.41) is 17.8. The Kier molecular flexibility index (Phi) is 4.77. The maximum Gasteiger partial charge on any atom is 0.307 e. The van der Waals surface area contributed by atoms with Crippen LogP contribution in [0.15, 0.2) is 18.2 Å². The van der Waals surface area contributed by atoms with Crippen molar-refractivity contribution in [3.8, 4) is 0 Å². The number of rotatable bonds is 5. The Bertz CT molecular complexity index is 467. The summed E-state index contributed by atoms with van der Waals surface area (Å²) in [6, 6.07) is 5.58. The maximum absolute atomic E-state index is 10.9. The highest BCUT2D eigenvalue weighted by molar-refractivity contribution is 5.72. The highest BCUT2D eigenvalue weighted by Gasteiger charge is 2.17. The summed E-state index contributed by atoms with van der Waals surface area (Å²) in [7, 11) is 0. The van der Waals surface area contributed by atoms with Crippen molar-refractivity contribution in [2.45, 2.75) is 50.9 Å². The molecule has 20 heavy (non-hydrogen) atoms. The Morgan fingerprint density at radius 2 is 1.40 bits per heavy atom. The predicted octanol–water partition coefficient (Wildman–Crippen LogP) is 2.99. The topological polar surface area (TPSA) is 74.6 Å². The molecule has 0 amide bonds. The first-order valence-corrected chi connectivity index (χ1v) is 7.11. The molecule has 0 aromatic heterocycles. The Hall–Kier alpha value is -1.84. The van der Waals surface area contributed by atoms with Gasteiger partial charge in [-0.15, -0.1) is 0 Å². The maximum atomic E-state index is 10.9. The highest BCUT2D eigenvalue weighted by atomic mass is 16.4. The van der Waals surface area contributed by atoms with E-state index >= 15 is 0 Å². The number of carboxylic acid groups (broad SMARTS) is 2. The zero-order valence-corrected chi connectivity index (χ0v) is 11.5. The van der Waals surface area contributed by atoms with Crippen LogP contribution in [-0.4, -0.2) is 22.2 Å². The third-order valence-electron chi connectivity index (χ3n) is 3.86. The van der Waals surface area contributed by atoms with Gasteiger partial charge in [-0.05, 0) is 35.4 Å². The smallest absolute Gasteiger partial charge is 0.307 e. The molecule has 0 heterocycles. The number of hydrogen-bond donors (Lipinski definition) is 2. The van der Waals surface area contributed by atoms with Crippen LogP contribution >= 0.6 is 0 Å². The van der Waals surface area contributed by atoms with Crippen molar-refractivity contribution in [2.75, 3.05) is 0 Å². The molecule has 4 heteroatoms. The Morgan fingerprint density at radius 3 is 1.85 bits per heavy atom. The lowest BCUT2D eigenvalue weighted by Crippen LogP contribution is -2.09. The van der Waals surface area contributed by atoms with Crippen molar-refractivity contribution in [2.24, 2.45) is 0 Å². The molecule has 1 fully saturated rings. The molecule has 0 unspecified atom stereocenters. The van der Waals surface area contributed by atoms with Crippen molar-refractivity contribution in [3.63, 3.8) is 0 Å². The predicted molar refractivity (Wildman–Crippen MR) is 74.9 cm³/mol. The molecule has 0 saturated heterocycles. The molecule has 1 aromatic carbocycles. The van der Waals surface area contributed by atoms with Crippen molar-refractivity contribution < 1.29 is 19.8 Å². The normalized spacial score (nSPS) is 16.0. The van der Waals surface area contributed by atoms with Gasteiger partial charge in [0.25, 0.3) is 0 Å². The summed E-state index contributed by atoms with van der Waals surface area (Å²) in [4.78, 5) is 21.7. The second-order valence-corrected chi connectivity index (χ2v) is 5.56. The molecule has 1 saturated carbocycles. The lowest BCUT2D eigenvalue weighted by molar-refractivity contribution is -0.137. The minimum Gasteiger partial charge on any atom is -0.481 e. The molecule has 2 rings (SSSR count). The molecule has 4 nitrogen and oxygen atoms in total. The molecule has 1 aromatic rings. The first-order chi connectivity index (χ1) is 9.54. The molecular formula is C16H20O4. The summed E-state index contributed by atoms with van der Waals surface area (Å²) < 4.78 is 0. The van der Waals surface area contributed by atoms with Crippen LogP contribution in [0.25, 0.3) is 0 Å². The van der Waals surface area contributed by atoms with E-state index in [0.717, 1.165) is 18.4 Å². The molecule has 108 valence electrons. The van der Waals surface area contributed by atoms with Crippen LogP contribution in [0, 0.1) is 0 Å². The lowest BCUT2D eigenvalue weighted by atomic mass is 9.82.